The summed E-state index contributed by atoms with van der Waals surface area (Å²) >= 11 is 3.34. The predicted molar refractivity (Wildman–Crippen MR) is 65.4 cm³/mol. The van der Waals surface area contributed by atoms with E-state index >= 15 is 0 Å². The Morgan fingerprint density at radius 3 is 2.62 bits per heavy atom. The van der Waals surface area contributed by atoms with E-state index in [2.05, 4.69) is 21.0 Å². The molecule has 1 heterocycles. The second-order valence-electron chi connectivity index (χ2n) is 3.63. The number of nitrogens with zero attached hydrogens (tertiary/aromatic N) is 2. The van der Waals surface area contributed by atoms with E-state index in [0.29, 0.717) is 6.42 Å². The van der Waals surface area contributed by atoms with Crippen molar-refractivity contribution in [3.63, 3.8) is 0 Å². The number of hydrogen-bond acceptors (Lipinski definition) is 2. The van der Waals surface area contributed by atoms with Gasteiger partial charge in [-0.2, -0.15) is 5.10 Å². The Balaban J connectivity index is 2.11. The van der Waals surface area contributed by atoms with E-state index in [9.17, 15) is 4.79 Å². The molecule has 3 nitrogen and oxygen atoms in total. The standard InChI is InChI=1S/C12H11BrN2O/c1-15-8-9(7-14-15)6-12(16)10-2-4-11(13)5-3-10/h2-5,7-8H,6H2,1H3. The number of benzene rings is 1. The highest BCUT2D eigenvalue weighted by Crippen LogP contribution is 2.12. The van der Waals surface area contributed by atoms with Gasteiger partial charge in [0.25, 0.3) is 0 Å². The van der Waals surface area contributed by atoms with E-state index in [4.69, 9.17) is 0 Å². The van der Waals surface area contributed by atoms with E-state index in [-0.39, 0.29) is 5.78 Å². The molecule has 2 rings (SSSR count). The predicted octanol–water partition coefficient (Wildman–Crippen LogP) is 2.61. The fourth-order valence-corrected chi connectivity index (χ4v) is 1.75. The van der Waals surface area contributed by atoms with Crippen molar-refractivity contribution in [1.29, 1.82) is 0 Å². The first-order chi connectivity index (χ1) is 7.65. The number of ketones is 1. The second-order valence-corrected chi connectivity index (χ2v) is 4.54. The average Bonchev–Trinajstić information content (AvgIpc) is 2.65. The number of carbonyl (C=O) groups excluding carboxylic acids is 1. The van der Waals surface area contributed by atoms with Crippen LogP contribution in [0, 0.1) is 0 Å². The van der Waals surface area contributed by atoms with Gasteiger partial charge in [-0.1, -0.05) is 28.1 Å². The number of aromatic nitrogens is 2. The van der Waals surface area contributed by atoms with Crippen molar-refractivity contribution >= 4 is 21.7 Å². The fourth-order valence-electron chi connectivity index (χ4n) is 1.49. The number of halogens is 1. The van der Waals surface area contributed by atoms with Gasteiger partial charge in [-0.25, -0.2) is 0 Å². The van der Waals surface area contributed by atoms with Crippen LogP contribution in [0.25, 0.3) is 0 Å². The number of carbonyl (C=O) groups is 1. The summed E-state index contributed by atoms with van der Waals surface area (Å²) in [7, 11) is 1.84. The first-order valence-corrected chi connectivity index (χ1v) is 5.71. The summed E-state index contributed by atoms with van der Waals surface area (Å²) in [5, 5.41) is 4.03. The smallest absolute Gasteiger partial charge is 0.167 e. The molecule has 1 aromatic heterocycles. The monoisotopic (exact) mass is 278 g/mol. The van der Waals surface area contributed by atoms with Crippen molar-refractivity contribution in [3.05, 3.63) is 52.3 Å². The zero-order valence-corrected chi connectivity index (χ0v) is 10.4. The highest BCUT2D eigenvalue weighted by Gasteiger charge is 2.07. The Morgan fingerprint density at radius 2 is 2.06 bits per heavy atom. The summed E-state index contributed by atoms with van der Waals surface area (Å²) in [6.07, 6.45) is 3.98. The summed E-state index contributed by atoms with van der Waals surface area (Å²) in [6, 6.07) is 7.39. The fraction of sp³-hybridized carbons (Fsp3) is 0.167. The maximum Gasteiger partial charge on any atom is 0.167 e. The third-order valence-corrected chi connectivity index (χ3v) is 2.82. The Kier molecular flexibility index (Phi) is 3.19. The highest BCUT2D eigenvalue weighted by atomic mass is 79.9. The van der Waals surface area contributed by atoms with E-state index < -0.39 is 0 Å². The minimum Gasteiger partial charge on any atom is -0.294 e. The zero-order valence-electron chi connectivity index (χ0n) is 8.85. The number of Topliss-reactive ketones (excluding diaryl/α,β-unsaturated/α-hetero) is 1. The molecule has 0 amide bonds. The van der Waals surface area contributed by atoms with Gasteiger partial charge in [0.1, 0.15) is 0 Å². The molecule has 4 heteroatoms. The van der Waals surface area contributed by atoms with Crippen molar-refractivity contribution in [2.24, 2.45) is 7.05 Å². The summed E-state index contributed by atoms with van der Waals surface area (Å²) in [5.41, 5.74) is 1.67. The van der Waals surface area contributed by atoms with Crippen LogP contribution in [0.2, 0.25) is 0 Å². The lowest BCUT2D eigenvalue weighted by Crippen LogP contribution is -2.02. The van der Waals surface area contributed by atoms with Gasteiger partial charge in [-0.05, 0) is 17.7 Å². The first kappa shape index (κ1) is 11.1. The molecule has 1 aromatic carbocycles. The van der Waals surface area contributed by atoms with Crippen LogP contribution in [0.4, 0.5) is 0 Å². The molecular weight excluding hydrogens is 268 g/mol. The van der Waals surface area contributed by atoms with Crippen LogP contribution in [0.1, 0.15) is 15.9 Å². The minimum atomic E-state index is 0.112. The van der Waals surface area contributed by atoms with Crippen LogP contribution in [0.15, 0.2) is 41.1 Å². The summed E-state index contributed by atoms with van der Waals surface area (Å²) < 4.78 is 2.68. The molecule has 0 radical (unpaired) electrons. The van der Waals surface area contributed by atoms with Crippen LogP contribution in [0.5, 0.6) is 0 Å². The molecule has 82 valence electrons. The Morgan fingerprint density at radius 1 is 1.38 bits per heavy atom. The summed E-state index contributed by atoms with van der Waals surface area (Å²) in [4.78, 5) is 11.9. The molecule has 0 saturated heterocycles. The quantitative estimate of drug-likeness (QED) is 0.809. The lowest BCUT2D eigenvalue weighted by molar-refractivity contribution is 0.0993. The molecule has 0 atom stereocenters. The van der Waals surface area contributed by atoms with Crippen molar-refractivity contribution < 1.29 is 4.79 Å². The molecular formula is C12H11BrN2O. The largest absolute Gasteiger partial charge is 0.294 e. The molecule has 0 spiro atoms. The van der Waals surface area contributed by atoms with Gasteiger partial charge < -0.3 is 0 Å². The second kappa shape index (κ2) is 4.61. The summed E-state index contributed by atoms with van der Waals surface area (Å²) in [6.45, 7) is 0. The van der Waals surface area contributed by atoms with E-state index in [1.54, 1.807) is 10.9 Å². The van der Waals surface area contributed by atoms with E-state index in [1.807, 2.05) is 37.5 Å². The first-order valence-electron chi connectivity index (χ1n) is 4.91. The van der Waals surface area contributed by atoms with E-state index in [1.165, 1.54) is 0 Å². The van der Waals surface area contributed by atoms with Crippen molar-refractivity contribution in [2.75, 3.05) is 0 Å². The molecule has 0 aliphatic rings. The molecule has 0 aliphatic carbocycles. The average molecular weight is 279 g/mol. The SMILES string of the molecule is Cn1cc(CC(=O)c2ccc(Br)cc2)cn1. The Hall–Kier alpha value is -1.42. The normalized spacial score (nSPS) is 10.4. The van der Waals surface area contributed by atoms with E-state index in [0.717, 1.165) is 15.6 Å². The minimum absolute atomic E-state index is 0.112. The van der Waals surface area contributed by atoms with Gasteiger partial charge in [0.15, 0.2) is 5.78 Å². The Labute approximate surface area is 102 Å². The molecule has 0 N–H and O–H groups in total. The molecule has 0 bridgehead atoms. The molecule has 0 fully saturated rings. The third kappa shape index (κ3) is 2.58. The molecule has 0 aliphatic heterocycles. The molecule has 0 saturated carbocycles. The maximum absolute atomic E-state index is 11.9. The van der Waals surface area contributed by atoms with Crippen molar-refractivity contribution in [1.82, 2.24) is 9.78 Å². The molecule has 16 heavy (non-hydrogen) atoms. The van der Waals surface area contributed by atoms with Crippen molar-refractivity contribution in [2.45, 2.75) is 6.42 Å². The van der Waals surface area contributed by atoms with Crippen LogP contribution in [-0.2, 0) is 13.5 Å². The van der Waals surface area contributed by atoms with Crippen molar-refractivity contribution in [3.8, 4) is 0 Å². The van der Waals surface area contributed by atoms with Crippen LogP contribution in [-0.4, -0.2) is 15.6 Å². The van der Waals surface area contributed by atoms with Gasteiger partial charge in [0.2, 0.25) is 0 Å². The lowest BCUT2D eigenvalue weighted by Gasteiger charge is -1.99. The van der Waals surface area contributed by atoms with Gasteiger partial charge >= 0.3 is 0 Å². The maximum atomic E-state index is 11.9. The van der Waals surface area contributed by atoms with Gasteiger partial charge in [-0.3, -0.25) is 9.48 Å². The van der Waals surface area contributed by atoms with Crippen LogP contribution >= 0.6 is 15.9 Å². The zero-order chi connectivity index (χ0) is 11.5. The topological polar surface area (TPSA) is 34.9 Å². The lowest BCUT2D eigenvalue weighted by atomic mass is 10.1. The highest BCUT2D eigenvalue weighted by molar-refractivity contribution is 9.10. The van der Waals surface area contributed by atoms with Crippen LogP contribution in [0.3, 0.4) is 0 Å². The van der Waals surface area contributed by atoms with Crippen LogP contribution < -0.4 is 0 Å². The third-order valence-electron chi connectivity index (χ3n) is 2.29. The van der Waals surface area contributed by atoms with Gasteiger partial charge in [0, 0.05) is 29.7 Å². The van der Waals surface area contributed by atoms with Gasteiger partial charge in [0.05, 0.1) is 6.20 Å². The number of hydrogen-bond donors (Lipinski definition) is 0. The molecule has 2 aromatic rings. The number of rotatable bonds is 3. The Bertz CT molecular complexity index is 502. The number of aryl methyl sites for hydroxylation is 1. The summed E-state index contributed by atoms with van der Waals surface area (Å²) in [5.74, 6) is 0.112. The molecule has 0 unspecified atom stereocenters. The van der Waals surface area contributed by atoms with Gasteiger partial charge in [-0.15, -0.1) is 0 Å².